The van der Waals surface area contributed by atoms with Gasteiger partial charge in [0.25, 0.3) is 0 Å². The van der Waals surface area contributed by atoms with Crippen LogP contribution in [0.15, 0.2) is 41.0 Å². The van der Waals surface area contributed by atoms with Crippen LogP contribution in [0.25, 0.3) is 10.9 Å². The number of aromatic nitrogens is 2. The fourth-order valence-electron chi connectivity index (χ4n) is 3.94. The van der Waals surface area contributed by atoms with E-state index in [-0.39, 0.29) is 12.1 Å². The lowest BCUT2D eigenvalue weighted by Gasteiger charge is -2.36. The summed E-state index contributed by atoms with van der Waals surface area (Å²) in [7, 11) is -0.588. The number of carbonyl (C=O) groups is 1. The van der Waals surface area contributed by atoms with E-state index in [0.29, 0.717) is 30.1 Å². The zero-order valence-electron chi connectivity index (χ0n) is 21.0. The van der Waals surface area contributed by atoms with Gasteiger partial charge in [0, 0.05) is 36.6 Å². The van der Waals surface area contributed by atoms with Crippen LogP contribution in [0.1, 0.15) is 39.2 Å². The molecule has 190 valence electrons. The molecule has 0 spiro atoms. The van der Waals surface area contributed by atoms with Gasteiger partial charge >= 0.3 is 6.09 Å². The maximum atomic E-state index is 14.1. The largest absolute Gasteiger partial charge is 0.488 e. The summed E-state index contributed by atoms with van der Waals surface area (Å²) < 4.78 is 29.9. The summed E-state index contributed by atoms with van der Waals surface area (Å²) in [6, 6.07) is 8.05. The van der Waals surface area contributed by atoms with Gasteiger partial charge in [-0.15, -0.1) is 0 Å². The summed E-state index contributed by atoms with van der Waals surface area (Å²) in [5.74, 6) is 0.525. The first-order valence-electron chi connectivity index (χ1n) is 11.6. The Morgan fingerprint density at radius 3 is 2.67 bits per heavy atom. The predicted octanol–water partition coefficient (Wildman–Crippen LogP) is 5.91. The average Bonchev–Trinajstić information content (AvgIpc) is 2.72. The van der Waals surface area contributed by atoms with Crippen molar-refractivity contribution in [1.29, 1.82) is 0 Å². The molecular formula is C26H30FN5O3S. The van der Waals surface area contributed by atoms with Gasteiger partial charge in [-0.25, -0.2) is 23.5 Å². The van der Waals surface area contributed by atoms with Crippen molar-refractivity contribution in [3.8, 4) is 11.4 Å². The number of ether oxygens (including phenoxy) is 2. The minimum atomic E-state index is -0.588. The van der Waals surface area contributed by atoms with Crippen molar-refractivity contribution in [3.05, 3.63) is 48.0 Å². The molecule has 0 aliphatic heterocycles. The summed E-state index contributed by atoms with van der Waals surface area (Å²) in [5.41, 5.74) is 8.25. The molecule has 0 atom stereocenters. The number of nitrogens with zero attached hydrogens (tertiary/aromatic N) is 3. The Labute approximate surface area is 212 Å². The molecule has 0 radical (unpaired) electrons. The molecule has 1 aromatic heterocycles. The maximum absolute atomic E-state index is 14.1. The van der Waals surface area contributed by atoms with Crippen LogP contribution in [0.2, 0.25) is 0 Å². The molecule has 0 bridgehead atoms. The zero-order chi connectivity index (χ0) is 26.0. The van der Waals surface area contributed by atoms with Crippen LogP contribution in [0, 0.1) is 18.4 Å². The van der Waals surface area contributed by atoms with Gasteiger partial charge in [-0.1, -0.05) is 15.8 Å². The Bertz CT molecular complexity index is 1440. The van der Waals surface area contributed by atoms with Crippen molar-refractivity contribution < 1.29 is 18.7 Å². The first-order chi connectivity index (χ1) is 17.0. The van der Waals surface area contributed by atoms with Crippen LogP contribution in [0.3, 0.4) is 0 Å². The van der Waals surface area contributed by atoms with Crippen LogP contribution < -0.4 is 15.4 Å². The zero-order valence-corrected chi connectivity index (χ0v) is 21.8. The second-order valence-electron chi connectivity index (χ2n) is 9.81. The van der Waals surface area contributed by atoms with Crippen molar-refractivity contribution >= 4 is 44.3 Å². The number of benzene rings is 2. The molecule has 1 fully saturated rings. The molecule has 10 heteroatoms. The number of rotatable bonds is 6. The van der Waals surface area contributed by atoms with Crippen LogP contribution >= 0.6 is 0 Å². The molecule has 2 aromatic carbocycles. The van der Waals surface area contributed by atoms with Gasteiger partial charge in [-0.3, -0.25) is 0 Å². The Balaban J connectivity index is 1.50. The number of amides is 1. The Morgan fingerprint density at radius 2 is 1.97 bits per heavy atom. The van der Waals surface area contributed by atoms with Gasteiger partial charge in [-0.2, -0.15) is 0 Å². The molecule has 1 saturated carbocycles. The van der Waals surface area contributed by atoms with E-state index in [0.717, 1.165) is 22.2 Å². The normalized spacial score (nSPS) is 17.9. The molecule has 36 heavy (non-hydrogen) atoms. The predicted molar refractivity (Wildman–Crippen MR) is 141 cm³/mol. The van der Waals surface area contributed by atoms with E-state index >= 15 is 0 Å². The molecule has 1 aliphatic carbocycles. The van der Waals surface area contributed by atoms with Gasteiger partial charge in [0.1, 0.15) is 35.4 Å². The Kier molecular flexibility index (Phi) is 7.19. The fourth-order valence-corrected chi connectivity index (χ4v) is 4.38. The van der Waals surface area contributed by atoms with Gasteiger partial charge in [0.15, 0.2) is 0 Å². The quantitative estimate of drug-likeness (QED) is 0.427. The molecule has 0 unspecified atom stereocenters. The van der Waals surface area contributed by atoms with Crippen LogP contribution in [0.5, 0.6) is 5.75 Å². The van der Waals surface area contributed by atoms with E-state index in [2.05, 4.69) is 25.0 Å². The summed E-state index contributed by atoms with van der Waals surface area (Å²) in [6.07, 6.45) is 3.86. The fraction of sp³-hybridized carbons (Fsp3) is 0.385. The Morgan fingerprint density at radius 1 is 1.22 bits per heavy atom. The van der Waals surface area contributed by atoms with Gasteiger partial charge < -0.3 is 20.1 Å². The van der Waals surface area contributed by atoms with Gasteiger partial charge in [-0.05, 0) is 57.5 Å². The third-order valence-corrected chi connectivity index (χ3v) is 5.97. The highest BCUT2D eigenvalue weighted by molar-refractivity contribution is 7.75. The molecular weight excluding hydrogens is 481 g/mol. The third kappa shape index (κ3) is 6.33. The molecule has 1 amide bonds. The number of carbonyl (C=O) groups excluding carboxylic acids is 1. The van der Waals surface area contributed by atoms with E-state index in [4.69, 9.17) is 15.2 Å². The lowest BCUT2D eigenvalue weighted by atomic mass is 9.89. The first-order valence-corrected chi connectivity index (χ1v) is 13.2. The number of aryl methyl sites for hydroxylation is 1. The second kappa shape index (κ2) is 10.2. The van der Waals surface area contributed by atoms with Crippen LogP contribution in [0.4, 0.5) is 26.4 Å². The summed E-state index contributed by atoms with van der Waals surface area (Å²) in [6.45, 7) is 7.40. The van der Waals surface area contributed by atoms with Gasteiger partial charge in [0.05, 0.1) is 16.9 Å². The van der Waals surface area contributed by atoms with E-state index in [1.165, 1.54) is 18.5 Å². The van der Waals surface area contributed by atoms with E-state index in [1.54, 1.807) is 6.07 Å². The van der Waals surface area contributed by atoms with Crippen molar-refractivity contribution in [2.45, 2.75) is 58.3 Å². The maximum Gasteiger partial charge on any atom is 0.407 e. The second-order valence-corrected chi connectivity index (χ2v) is 11.0. The number of halogens is 1. The lowest BCUT2D eigenvalue weighted by Crippen LogP contribution is -2.50. The summed E-state index contributed by atoms with van der Waals surface area (Å²) in [5, 5.41) is 6.94. The smallest absolute Gasteiger partial charge is 0.407 e. The summed E-state index contributed by atoms with van der Waals surface area (Å²) >= 11 is 0. The molecule has 0 saturated heterocycles. The van der Waals surface area contributed by atoms with E-state index < -0.39 is 27.6 Å². The number of hydrogen-bond donors (Lipinski definition) is 2. The molecule has 3 aromatic rings. The third-order valence-electron chi connectivity index (χ3n) is 5.48. The molecule has 8 nitrogen and oxygen atoms in total. The van der Waals surface area contributed by atoms with Crippen molar-refractivity contribution in [2.75, 3.05) is 11.6 Å². The number of fused-ring (bicyclic) bond motifs is 1. The SMILES string of the molecule is C#S(C)=Nc1cc(C)c2c(Nc3ccc(F)cc3OC3CC(NC(=O)OC(C)(C)C)C3)ncnc2c1. The Hall–Kier alpha value is -3.62. The minimum absolute atomic E-state index is 0.0558. The van der Waals surface area contributed by atoms with Crippen molar-refractivity contribution in [1.82, 2.24) is 15.3 Å². The average molecular weight is 512 g/mol. The van der Waals surface area contributed by atoms with Gasteiger partial charge in [0.2, 0.25) is 0 Å². The molecule has 1 aliphatic rings. The number of alkyl carbamates (subject to hydrolysis) is 1. The first kappa shape index (κ1) is 25.5. The van der Waals surface area contributed by atoms with E-state index in [1.807, 2.05) is 46.1 Å². The molecule has 1 heterocycles. The van der Waals surface area contributed by atoms with Crippen LogP contribution in [-0.2, 0) is 14.8 Å². The standard InChI is InChI=1S/C26H30FN5O3S/c1-15-9-18(32-36(5)6)13-21-23(15)24(29-14-28-21)31-20-8-7-16(27)10-22(20)34-19-11-17(12-19)30-25(33)35-26(2,3)4/h5,7-10,13-14,17,19H,11-12H2,1-4,6H3,(H,30,33)(H,28,29,31). The van der Waals surface area contributed by atoms with Crippen LogP contribution in [-0.4, -0.2) is 40.1 Å². The highest BCUT2D eigenvalue weighted by atomic mass is 32.2. The van der Waals surface area contributed by atoms with Crippen molar-refractivity contribution in [2.24, 2.45) is 4.36 Å². The highest BCUT2D eigenvalue weighted by Crippen LogP contribution is 2.36. The number of hydrogen-bond acceptors (Lipinski definition) is 7. The number of nitrogens with one attached hydrogen (secondary N) is 2. The lowest BCUT2D eigenvalue weighted by molar-refractivity contribution is 0.0363. The topological polar surface area (TPSA) is 97.7 Å². The number of anilines is 2. The monoisotopic (exact) mass is 511 g/mol. The molecule has 4 rings (SSSR count). The summed E-state index contributed by atoms with van der Waals surface area (Å²) in [4.78, 5) is 20.8. The highest BCUT2D eigenvalue weighted by Gasteiger charge is 2.33. The minimum Gasteiger partial charge on any atom is -0.488 e. The van der Waals surface area contributed by atoms with Crippen molar-refractivity contribution in [3.63, 3.8) is 0 Å². The molecule has 2 N–H and O–H groups in total. The van der Waals surface area contributed by atoms with E-state index in [9.17, 15) is 9.18 Å².